The highest BCUT2D eigenvalue weighted by Gasteiger charge is 2.26. The lowest BCUT2D eigenvalue weighted by atomic mass is 9.91. The molecule has 0 aromatic heterocycles. The van der Waals surface area contributed by atoms with Crippen LogP contribution in [0, 0.1) is 0 Å². The molecule has 0 atom stereocenters. The largest absolute Gasteiger partial charge is 0.357 e. The van der Waals surface area contributed by atoms with Crippen LogP contribution in [0.25, 0.3) is 5.57 Å². The molecule has 0 spiro atoms. The first kappa shape index (κ1) is 19.0. The van der Waals surface area contributed by atoms with Gasteiger partial charge in [-0.05, 0) is 51.3 Å². The Kier molecular flexibility index (Phi) is 6.13. The number of piperidine rings is 1. The van der Waals surface area contributed by atoms with E-state index in [1.54, 1.807) is 6.07 Å². The van der Waals surface area contributed by atoms with Crippen LogP contribution >= 0.6 is 23.2 Å². The summed E-state index contributed by atoms with van der Waals surface area (Å²) < 4.78 is 0. The van der Waals surface area contributed by atoms with Crippen LogP contribution in [0.5, 0.6) is 0 Å². The first-order chi connectivity index (χ1) is 11.2. The Morgan fingerprint density at radius 1 is 1.33 bits per heavy atom. The van der Waals surface area contributed by atoms with E-state index in [1.165, 1.54) is 0 Å². The highest BCUT2D eigenvalue weighted by Crippen LogP contribution is 2.31. The molecule has 1 aromatic rings. The van der Waals surface area contributed by atoms with E-state index in [2.05, 4.69) is 18.4 Å². The van der Waals surface area contributed by atoms with Gasteiger partial charge in [0.25, 0.3) is 0 Å². The van der Waals surface area contributed by atoms with Gasteiger partial charge in [0.15, 0.2) is 0 Å². The van der Waals surface area contributed by atoms with Crippen LogP contribution in [-0.4, -0.2) is 29.2 Å². The van der Waals surface area contributed by atoms with Crippen molar-refractivity contribution in [3.63, 3.8) is 0 Å². The van der Waals surface area contributed by atoms with Crippen molar-refractivity contribution in [2.24, 2.45) is 10.7 Å². The fourth-order valence-electron chi connectivity index (χ4n) is 2.74. The van der Waals surface area contributed by atoms with Crippen LogP contribution in [0.1, 0.15) is 39.2 Å². The number of hydrogen-bond donors (Lipinski definition) is 1. The monoisotopic (exact) mass is 365 g/mol. The van der Waals surface area contributed by atoms with Crippen LogP contribution in [0.2, 0.25) is 10.0 Å². The summed E-state index contributed by atoms with van der Waals surface area (Å²) in [7, 11) is 0. The zero-order chi connectivity index (χ0) is 17.9. The van der Waals surface area contributed by atoms with E-state index in [-0.39, 0.29) is 5.54 Å². The summed E-state index contributed by atoms with van der Waals surface area (Å²) in [6, 6.07) is 5.54. The van der Waals surface area contributed by atoms with Crippen molar-refractivity contribution in [1.29, 1.82) is 0 Å². The van der Waals surface area contributed by atoms with Crippen LogP contribution in [0.4, 0.5) is 0 Å². The quantitative estimate of drug-likeness (QED) is 0.750. The van der Waals surface area contributed by atoms with Crippen LogP contribution < -0.4 is 5.73 Å². The smallest absolute Gasteiger partial charge is 0.124 e. The molecule has 3 nitrogen and oxygen atoms in total. The van der Waals surface area contributed by atoms with Gasteiger partial charge >= 0.3 is 0 Å². The lowest BCUT2D eigenvalue weighted by Crippen LogP contribution is -2.47. The molecule has 1 aliphatic heterocycles. The van der Waals surface area contributed by atoms with Gasteiger partial charge < -0.3 is 10.6 Å². The van der Waals surface area contributed by atoms with Crippen LogP contribution in [0.15, 0.2) is 41.7 Å². The van der Waals surface area contributed by atoms with Crippen molar-refractivity contribution in [1.82, 2.24) is 4.90 Å². The standard InChI is InChI=1S/C19H25Cl2N3/c1-5-17(24-11-9-19(4,22)10-12-24)23-14(3)13(2)15-7-6-8-16(20)18(15)21/h5-8H,2,9-12,22H2,1,3-4H3/b17-5+,23-14-. The summed E-state index contributed by atoms with van der Waals surface area (Å²) in [5, 5.41) is 1.03. The molecule has 0 aliphatic carbocycles. The van der Waals surface area contributed by atoms with E-state index in [0.717, 1.165) is 48.6 Å². The van der Waals surface area contributed by atoms with E-state index in [0.29, 0.717) is 10.0 Å². The molecular formula is C19H25Cl2N3. The van der Waals surface area contributed by atoms with E-state index in [4.69, 9.17) is 33.9 Å². The molecule has 130 valence electrons. The summed E-state index contributed by atoms with van der Waals surface area (Å²) in [4.78, 5) is 7.04. The van der Waals surface area contributed by atoms with E-state index in [1.807, 2.05) is 32.1 Å². The molecule has 0 bridgehead atoms. The van der Waals surface area contributed by atoms with Crippen LogP contribution in [0.3, 0.4) is 0 Å². The van der Waals surface area contributed by atoms with Gasteiger partial charge in [-0.3, -0.25) is 0 Å². The first-order valence-corrected chi connectivity index (χ1v) is 8.90. The fourth-order valence-corrected chi connectivity index (χ4v) is 3.15. The number of hydrogen-bond acceptors (Lipinski definition) is 3. The Labute approximate surface area is 154 Å². The Balaban J connectivity index is 2.19. The minimum atomic E-state index is -0.0774. The second-order valence-corrected chi connectivity index (χ2v) is 7.35. The van der Waals surface area contributed by atoms with Crippen molar-refractivity contribution < 1.29 is 0 Å². The molecule has 1 aliphatic rings. The van der Waals surface area contributed by atoms with Crippen molar-refractivity contribution in [3.8, 4) is 0 Å². The number of allylic oxidation sites excluding steroid dienone is 2. The first-order valence-electron chi connectivity index (χ1n) is 8.14. The van der Waals surface area contributed by atoms with Crippen molar-refractivity contribution in [2.45, 2.75) is 39.2 Å². The Morgan fingerprint density at radius 3 is 2.54 bits per heavy atom. The second kappa shape index (κ2) is 7.73. The third kappa shape index (κ3) is 4.41. The molecule has 0 amide bonds. The van der Waals surface area contributed by atoms with E-state index >= 15 is 0 Å². The van der Waals surface area contributed by atoms with Gasteiger partial charge in [0, 0.05) is 29.9 Å². The minimum absolute atomic E-state index is 0.0774. The predicted molar refractivity (Wildman–Crippen MR) is 106 cm³/mol. The number of aliphatic imine (C=N–C) groups is 1. The molecular weight excluding hydrogens is 341 g/mol. The van der Waals surface area contributed by atoms with Gasteiger partial charge in [-0.2, -0.15) is 0 Å². The van der Waals surface area contributed by atoms with Gasteiger partial charge in [-0.15, -0.1) is 0 Å². The maximum Gasteiger partial charge on any atom is 0.124 e. The third-order valence-electron chi connectivity index (χ3n) is 4.48. The molecule has 1 heterocycles. The molecule has 0 radical (unpaired) electrons. The number of halogens is 2. The highest BCUT2D eigenvalue weighted by molar-refractivity contribution is 6.44. The Morgan fingerprint density at radius 2 is 1.96 bits per heavy atom. The van der Waals surface area contributed by atoms with Gasteiger partial charge in [-0.1, -0.05) is 41.9 Å². The number of nitrogens with two attached hydrogens (primary N) is 1. The topological polar surface area (TPSA) is 41.6 Å². The normalized spacial score (nSPS) is 18.7. The second-order valence-electron chi connectivity index (χ2n) is 6.57. The molecule has 1 saturated heterocycles. The third-order valence-corrected chi connectivity index (χ3v) is 5.30. The summed E-state index contributed by atoms with van der Waals surface area (Å²) >= 11 is 12.4. The maximum absolute atomic E-state index is 6.30. The minimum Gasteiger partial charge on any atom is -0.357 e. The molecule has 0 saturated carbocycles. The average Bonchev–Trinajstić information content (AvgIpc) is 2.54. The Bertz CT molecular complexity index is 680. The molecule has 2 rings (SSSR count). The van der Waals surface area contributed by atoms with Gasteiger partial charge in [-0.25, -0.2) is 4.99 Å². The maximum atomic E-state index is 6.30. The number of nitrogens with zero attached hydrogens (tertiary/aromatic N) is 2. The number of likely N-dealkylation sites (tertiary alicyclic amines) is 1. The molecule has 0 unspecified atom stereocenters. The number of rotatable bonds is 4. The summed E-state index contributed by atoms with van der Waals surface area (Å²) in [6.45, 7) is 12.0. The summed E-state index contributed by atoms with van der Waals surface area (Å²) in [6.07, 6.45) is 3.94. The van der Waals surface area contributed by atoms with Gasteiger partial charge in [0.1, 0.15) is 5.82 Å². The SMILES string of the molecule is C=C(/C(C)=N\C(=C/C)N1CCC(C)(N)CC1)c1cccc(Cl)c1Cl. The predicted octanol–water partition coefficient (Wildman–Crippen LogP) is 5.14. The molecule has 5 heteroatoms. The molecule has 2 N–H and O–H groups in total. The molecule has 24 heavy (non-hydrogen) atoms. The molecule has 1 fully saturated rings. The van der Waals surface area contributed by atoms with Crippen molar-refractivity contribution in [2.75, 3.05) is 13.1 Å². The van der Waals surface area contributed by atoms with Crippen molar-refractivity contribution >= 4 is 34.5 Å². The molecule has 1 aromatic carbocycles. The zero-order valence-corrected chi connectivity index (χ0v) is 16.1. The lowest BCUT2D eigenvalue weighted by Gasteiger charge is -2.38. The number of benzene rings is 1. The zero-order valence-electron chi connectivity index (χ0n) is 14.6. The average molecular weight is 366 g/mol. The van der Waals surface area contributed by atoms with Gasteiger partial charge in [0.2, 0.25) is 0 Å². The fraction of sp³-hybridized carbons (Fsp3) is 0.421. The van der Waals surface area contributed by atoms with Crippen LogP contribution in [-0.2, 0) is 0 Å². The van der Waals surface area contributed by atoms with E-state index < -0.39 is 0 Å². The summed E-state index contributed by atoms with van der Waals surface area (Å²) in [5.41, 5.74) is 8.56. The Hall–Kier alpha value is -1.29. The summed E-state index contributed by atoms with van der Waals surface area (Å²) in [5.74, 6) is 0.947. The highest BCUT2D eigenvalue weighted by atomic mass is 35.5. The van der Waals surface area contributed by atoms with Crippen molar-refractivity contribution in [3.05, 3.63) is 52.3 Å². The van der Waals surface area contributed by atoms with E-state index in [9.17, 15) is 0 Å². The van der Waals surface area contributed by atoms with Gasteiger partial charge in [0.05, 0.1) is 10.0 Å². The lowest BCUT2D eigenvalue weighted by molar-refractivity contribution is 0.208.